The van der Waals surface area contributed by atoms with Crippen LogP contribution >= 0.6 is 0 Å². The van der Waals surface area contributed by atoms with Gasteiger partial charge in [0.15, 0.2) is 17.3 Å². The molecule has 0 aliphatic heterocycles. The Morgan fingerprint density at radius 3 is 0.750 bits per heavy atom. The summed E-state index contributed by atoms with van der Waals surface area (Å²) in [4.78, 5) is 29.1. The van der Waals surface area contributed by atoms with E-state index in [-0.39, 0.29) is 38.4 Å². The topological polar surface area (TPSA) is 51.2 Å². The van der Waals surface area contributed by atoms with Gasteiger partial charge in [-0.25, -0.2) is 0 Å². The molecule has 0 aromatic rings. The van der Waals surface area contributed by atoms with E-state index in [2.05, 4.69) is 19.7 Å². The Kier molecular flexibility index (Phi) is 29.5. The summed E-state index contributed by atoms with van der Waals surface area (Å²) in [5.41, 5.74) is 0. The number of ketones is 3. The number of hydrogen-bond acceptors (Lipinski definition) is 3. The van der Waals surface area contributed by atoms with Crippen molar-refractivity contribution in [3.05, 3.63) is 38.0 Å². The third-order valence-corrected chi connectivity index (χ3v) is 0.862. The van der Waals surface area contributed by atoms with E-state index >= 15 is 0 Å². The summed E-state index contributed by atoms with van der Waals surface area (Å²) in [6, 6.07) is 0. The first-order valence-corrected chi connectivity index (χ1v) is 4.20. The molecule has 0 saturated carbocycles. The van der Waals surface area contributed by atoms with Crippen LogP contribution in [0.3, 0.4) is 0 Å². The van der Waals surface area contributed by atoms with E-state index in [1.54, 1.807) is 0 Å². The molecule has 0 heterocycles. The summed E-state index contributed by atoms with van der Waals surface area (Å²) >= 11 is 0. The first-order chi connectivity index (χ1) is 6.81. The maximum Gasteiger partial charge on any atom is 0.152 e. The van der Waals surface area contributed by atoms with Crippen molar-refractivity contribution in [2.45, 2.75) is 20.8 Å². The first-order valence-electron chi connectivity index (χ1n) is 4.20. The number of allylic oxidation sites excluding steroid dienone is 3. The SMILES string of the molecule is C=CC(C)=O.C=CC(C)=O.C=CC(C)=O.[W]. The normalized spacial score (nSPS) is 6.19. The molecule has 3 nitrogen and oxygen atoms in total. The maximum absolute atomic E-state index is 9.69. The average Bonchev–Trinajstić information content (AvgIpc) is 2.19. The zero-order valence-electron chi connectivity index (χ0n) is 9.99. The van der Waals surface area contributed by atoms with Crippen molar-refractivity contribution < 1.29 is 35.4 Å². The van der Waals surface area contributed by atoms with E-state index in [1.165, 1.54) is 39.0 Å². The van der Waals surface area contributed by atoms with Crippen molar-refractivity contribution in [2.24, 2.45) is 0 Å². The molecule has 0 N–H and O–H groups in total. The predicted octanol–water partition coefficient (Wildman–Crippen LogP) is 2.28. The molecular weight excluding hydrogens is 376 g/mol. The van der Waals surface area contributed by atoms with Gasteiger partial charge in [-0.1, -0.05) is 19.7 Å². The standard InChI is InChI=1S/3C4H6O.W/c3*1-3-4(2)5;/h3*3H,1H2,2H3;. The van der Waals surface area contributed by atoms with Gasteiger partial charge in [0.2, 0.25) is 0 Å². The third-order valence-electron chi connectivity index (χ3n) is 0.862. The van der Waals surface area contributed by atoms with Crippen molar-refractivity contribution >= 4 is 17.3 Å². The van der Waals surface area contributed by atoms with Gasteiger partial charge in [0.25, 0.3) is 0 Å². The van der Waals surface area contributed by atoms with E-state index in [9.17, 15) is 14.4 Å². The fraction of sp³-hybridized carbons (Fsp3) is 0.250. The molecule has 0 unspecified atom stereocenters. The molecule has 0 saturated heterocycles. The van der Waals surface area contributed by atoms with Gasteiger partial charge in [0, 0.05) is 21.1 Å². The number of carbonyl (C=O) groups is 3. The minimum absolute atomic E-state index is 0. The summed E-state index contributed by atoms with van der Waals surface area (Å²) in [6.45, 7) is 14.0. The zero-order chi connectivity index (χ0) is 12.9. The molecule has 0 aliphatic carbocycles. The molecule has 0 atom stereocenters. The Hall–Kier alpha value is -1.08. The summed E-state index contributed by atoms with van der Waals surface area (Å²) in [5.74, 6) is 0.0556. The molecule has 16 heavy (non-hydrogen) atoms. The Morgan fingerprint density at radius 2 is 0.750 bits per heavy atom. The molecule has 0 spiro atoms. The van der Waals surface area contributed by atoms with Crippen LogP contribution in [0.2, 0.25) is 0 Å². The van der Waals surface area contributed by atoms with Crippen molar-refractivity contribution in [1.82, 2.24) is 0 Å². The molecule has 0 radical (unpaired) electrons. The number of hydrogen-bond donors (Lipinski definition) is 0. The summed E-state index contributed by atoms with van der Waals surface area (Å²) in [7, 11) is 0. The minimum Gasteiger partial charge on any atom is -0.295 e. The van der Waals surface area contributed by atoms with Crippen LogP contribution in [0.15, 0.2) is 38.0 Å². The molecule has 0 fully saturated rings. The maximum atomic E-state index is 9.69. The fourth-order valence-corrected chi connectivity index (χ4v) is 0. The van der Waals surface area contributed by atoms with Crippen molar-refractivity contribution in [1.29, 1.82) is 0 Å². The smallest absolute Gasteiger partial charge is 0.152 e. The van der Waals surface area contributed by atoms with E-state index in [0.29, 0.717) is 0 Å². The fourth-order valence-electron chi connectivity index (χ4n) is 0. The largest absolute Gasteiger partial charge is 0.295 e. The second-order valence-electron chi connectivity index (χ2n) is 2.44. The van der Waals surface area contributed by atoms with E-state index in [0.717, 1.165) is 0 Å². The minimum atomic E-state index is 0. The quantitative estimate of drug-likeness (QED) is 0.691. The second kappa shape index (κ2) is 19.5. The summed E-state index contributed by atoms with van der Waals surface area (Å²) < 4.78 is 0. The molecule has 0 bridgehead atoms. The first kappa shape index (κ1) is 24.2. The van der Waals surface area contributed by atoms with Crippen LogP contribution in [0.1, 0.15) is 20.8 Å². The van der Waals surface area contributed by atoms with Gasteiger partial charge in [-0.05, 0) is 39.0 Å². The van der Waals surface area contributed by atoms with Gasteiger partial charge >= 0.3 is 0 Å². The molecule has 0 aliphatic rings. The Balaban J connectivity index is -0.0000000655. The van der Waals surface area contributed by atoms with Crippen molar-refractivity contribution in [2.75, 3.05) is 0 Å². The van der Waals surface area contributed by atoms with Crippen LogP contribution in [0.25, 0.3) is 0 Å². The Labute approximate surface area is 112 Å². The summed E-state index contributed by atoms with van der Waals surface area (Å²) in [6.07, 6.45) is 3.83. The van der Waals surface area contributed by atoms with E-state index < -0.39 is 0 Å². The van der Waals surface area contributed by atoms with Crippen LogP contribution in [0.4, 0.5) is 0 Å². The molecule has 4 heteroatoms. The average molecular weight is 394 g/mol. The monoisotopic (exact) mass is 394 g/mol. The third kappa shape index (κ3) is 75.9. The van der Waals surface area contributed by atoms with Crippen LogP contribution in [-0.2, 0) is 35.4 Å². The molecule has 0 aromatic heterocycles. The molecule has 0 aromatic carbocycles. The van der Waals surface area contributed by atoms with E-state index in [4.69, 9.17) is 0 Å². The van der Waals surface area contributed by atoms with Crippen molar-refractivity contribution in [3.63, 3.8) is 0 Å². The van der Waals surface area contributed by atoms with Crippen LogP contribution in [-0.4, -0.2) is 17.3 Å². The van der Waals surface area contributed by atoms with Crippen LogP contribution in [0.5, 0.6) is 0 Å². The number of carbonyl (C=O) groups excluding carboxylic acids is 3. The van der Waals surface area contributed by atoms with Gasteiger partial charge in [0.1, 0.15) is 0 Å². The van der Waals surface area contributed by atoms with Gasteiger partial charge in [-0.3, -0.25) is 14.4 Å². The number of rotatable bonds is 3. The predicted molar refractivity (Wildman–Crippen MR) is 62.6 cm³/mol. The molecule has 0 amide bonds. The molecule has 90 valence electrons. The molecule has 0 rings (SSSR count). The van der Waals surface area contributed by atoms with Crippen LogP contribution in [0, 0.1) is 0 Å². The Bertz CT molecular complexity index is 212. The van der Waals surface area contributed by atoms with Gasteiger partial charge < -0.3 is 0 Å². The zero-order valence-corrected chi connectivity index (χ0v) is 12.9. The second-order valence-corrected chi connectivity index (χ2v) is 2.44. The van der Waals surface area contributed by atoms with Gasteiger partial charge in [-0.15, -0.1) is 0 Å². The van der Waals surface area contributed by atoms with Crippen LogP contribution < -0.4 is 0 Å². The van der Waals surface area contributed by atoms with Crippen molar-refractivity contribution in [3.8, 4) is 0 Å². The Morgan fingerprint density at radius 1 is 0.688 bits per heavy atom. The van der Waals surface area contributed by atoms with E-state index in [1.807, 2.05) is 0 Å². The molecular formula is C12H18O3W. The van der Waals surface area contributed by atoms with Gasteiger partial charge in [0.05, 0.1) is 0 Å². The van der Waals surface area contributed by atoms with Gasteiger partial charge in [-0.2, -0.15) is 0 Å². The summed E-state index contributed by atoms with van der Waals surface area (Å²) in [5, 5.41) is 0.